The van der Waals surface area contributed by atoms with E-state index in [9.17, 15) is 4.79 Å². The molecule has 1 amide bonds. The Morgan fingerprint density at radius 3 is 2.45 bits per heavy atom. The molecule has 0 unspecified atom stereocenters. The normalized spacial score (nSPS) is 11.4. The van der Waals surface area contributed by atoms with E-state index in [-0.39, 0.29) is 0 Å². The van der Waals surface area contributed by atoms with Gasteiger partial charge in [0.25, 0.3) is 0 Å². The molecule has 0 saturated heterocycles. The van der Waals surface area contributed by atoms with Crippen molar-refractivity contribution in [1.82, 2.24) is 14.7 Å². The quantitative estimate of drug-likeness (QED) is 0.451. The summed E-state index contributed by atoms with van der Waals surface area (Å²) in [6.45, 7) is 7.36. The van der Waals surface area contributed by atoms with Gasteiger partial charge in [-0.15, -0.1) is 0 Å². The molecule has 2 aromatic carbocycles. The fourth-order valence-electron chi connectivity index (χ4n) is 3.20. The third-order valence-corrected chi connectivity index (χ3v) is 4.56. The topological polar surface area (TPSA) is 82.2 Å². The summed E-state index contributed by atoms with van der Waals surface area (Å²) < 4.78 is 12.6. The van der Waals surface area contributed by atoms with Crippen LogP contribution in [-0.4, -0.2) is 26.4 Å². The van der Waals surface area contributed by atoms with Gasteiger partial charge in [-0.05, 0) is 52.0 Å². The van der Waals surface area contributed by atoms with E-state index in [1.54, 1.807) is 6.33 Å². The van der Waals surface area contributed by atoms with Gasteiger partial charge in [-0.25, -0.2) is 9.78 Å². The zero-order valence-corrected chi connectivity index (χ0v) is 17.9. The number of rotatable bonds is 4. The standard InChI is InChI=1S/C24H24N4O3/c1-16-21(22(27-31-16)17-8-6-5-7-9-17)20-14-28(15-25-20)19-12-10-18(11-13-19)26-23(29)30-24(2,3)4/h5-15H,1-4H3,(H,26,29). The molecular weight excluding hydrogens is 392 g/mol. The summed E-state index contributed by atoms with van der Waals surface area (Å²) in [4.78, 5) is 16.5. The van der Waals surface area contributed by atoms with Gasteiger partial charge in [0, 0.05) is 23.1 Å². The van der Waals surface area contributed by atoms with Gasteiger partial charge in [0.15, 0.2) is 0 Å². The molecule has 0 bridgehead atoms. The van der Waals surface area contributed by atoms with Crippen molar-refractivity contribution in [3.63, 3.8) is 0 Å². The first kappa shape index (κ1) is 20.4. The van der Waals surface area contributed by atoms with Crippen molar-refractivity contribution < 1.29 is 14.1 Å². The summed E-state index contributed by atoms with van der Waals surface area (Å²) in [6, 6.07) is 17.3. The van der Waals surface area contributed by atoms with Gasteiger partial charge in [-0.1, -0.05) is 35.5 Å². The molecule has 0 atom stereocenters. The predicted molar refractivity (Wildman–Crippen MR) is 119 cm³/mol. The Morgan fingerprint density at radius 2 is 1.77 bits per heavy atom. The second-order valence-corrected chi connectivity index (χ2v) is 8.17. The number of nitrogens with one attached hydrogen (secondary N) is 1. The number of carbonyl (C=O) groups excluding carboxylic acids is 1. The Labute approximate surface area is 180 Å². The third kappa shape index (κ3) is 4.66. The van der Waals surface area contributed by atoms with E-state index in [2.05, 4.69) is 15.5 Å². The lowest BCUT2D eigenvalue weighted by Crippen LogP contribution is -2.27. The molecule has 0 aliphatic heterocycles. The van der Waals surface area contributed by atoms with Gasteiger partial charge in [-0.3, -0.25) is 5.32 Å². The van der Waals surface area contributed by atoms with Crippen LogP contribution in [0.15, 0.2) is 71.6 Å². The Morgan fingerprint density at radius 1 is 1.06 bits per heavy atom. The molecule has 0 saturated carbocycles. The number of ether oxygens (including phenoxy) is 1. The number of aryl methyl sites for hydroxylation is 1. The van der Waals surface area contributed by atoms with Crippen LogP contribution in [0.1, 0.15) is 26.5 Å². The summed E-state index contributed by atoms with van der Waals surface area (Å²) in [5.41, 5.74) is 4.39. The Kier molecular flexibility index (Phi) is 5.33. The second-order valence-electron chi connectivity index (χ2n) is 8.17. The summed E-state index contributed by atoms with van der Waals surface area (Å²) in [5, 5.41) is 6.96. The van der Waals surface area contributed by atoms with Gasteiger partial charge in [0.2, 0.25) is 0 Å². The predicted octanol–water partition coefficient (Wildman–Crippen LogP) is 5.85. The van der Waals surface area contributed by atoms with Crippen molar-refractivity contribution >= 4 is 11.8 Å². The van der Waals surface area contributed by atoms with Crippen LogP contribution in [-0.2, 0) is 4.74 Å². The fourth-order valence-corrected chi connectivity index (χ4v) is 3.20. The van der Waals surface area contributed by atoms with Crippen molar-refractivity contribution in [2.75, 3.05) is 5.32 Å². The third-order valence-electron chi connectivity index (χ3n) is 4.56. The SMILES string of the molecule is Cc1onc(-c2ccccc2)c1-c1cn(-c2ccc(NC(=O)OC(C)(C)C)cc2)cn1. The number of anilines is 1. The van der Waals surface area contributed by atoms with E-state index in [0.29, 0.717) is 11.4 Å². The van der Waals surface area contributed by atoms with Crippen LogP contribution in [0.2, 0.25) is 0 Å². The largest absolute Gasteiger partial charge is 0.444 e. The number of carbonyl (C=O) groups is 1. The Bertz CT molecular complexity index is 1190. The summed E-state index contributed by atoms with van der Waals surface area (Å²) in [7, 11) is 0. The van der Waals surface area contributed by atoms with E-state index >= 15 is 0 Å². The minimum atomic E-state index is -0.546. The van der Waals surface area contributed by atoms with Crippen molar-refractivity contribution in [2.45, 2.75) is 33.3 Å². The van der Waals surface area contributed by atoms with Crippen molar-refractivity contribution in [3.05, 3.63) is 72.9 Å². The van der Waals surface area contributed by atoms with Gasteiger partial charge in [-0.2, -0.15) is 0 Å². The van der Waals surface area contributed by atoms with Crippen LogP contribution in [0.25, 0.3) is 28.2 Å². The average molecular weight is 416 g/mol. The van der Waals surface area contributed by atoms with Crippen LogP contribution in [0.3, 0.4) is 0 Å². The highest BCUT2D eigenvalue weighted by atomic mass is 16.6. The first-order valence-corrected chi connectivity index (χ1v) is 9.97. The average Bonchev–Trinajstić information content (AvgIpc) is 3.34. The zero-order valence-electron chi connectivity index (χ0n) is 17.9. The molecule has 31 heavy (non-hydrogen) atoms. The molecule has 2 aromatic heterocycles. The lowest BCUT2D eigenvalue weighted by molar-refractivity contribution is 0.0636. The van der Waals surface area contributed by atoms with Crippen molar-refractivity contribution in [3.8, 4) is 28.2 Å². The minimum absolute atomic E-state index is 0.485. The lowest BCUT2D eigenvalue weighted by Gasteiger charge is -2.19. The maximum atomic E-state index is 11.9. The maximum Gasteiger partial charge on any atom is 0.412 e. The number of hydrogen-bond donors (Lipinski definition) is 1. The molecule has 4 aromatic rings. The van der Waals surface area contributed by atoms with E-state index in [4.69, 9.17) is 9.26 Å². The maximum absolute atomic E-state index is 11.9. The number of amides is 1. The zero-order chi connectivity index (χ0) is 22.0. The molecule has 4 rings (SSSR count). The second kappa shape index (κ2) is 8.10. The summed E-state index contributed by atoms with van der Waals surface area (Å²) >= 11 is 0. The molecule has 7 nitrogen and oxygen atoms in total. The number of imidazole rings is 1. The molecule has 158 valence electrons. The molecule has 1 N–H and O–H groups in total. The van der Waals surface area contributed by atoms with Gasteiger partial charge in [0.05, 0.1) is 17.6 Å². The van der Waals surface area contributed by atoms with E-state index in [0.717, 1.165) is 28.2 Å². The molecule has 0 fully saturated rings. The first-order valence-electron chi connectivity index (χ1n) is 9.97. The van der Waals surface area contributed by atoms with Gasteiger partial charge >= 0.3 is 6.09 Å². The molecule has 0 aliphatic rings. The highest BCUT2D eigenvalue weighted by Gasteiger charge is 2.19. The molecule has 7 heteroatoms. The van der Waals surface area contributed by atoms with Crippen molar-refractivity contribution in [2.24, 2.45) is 0 Å². The van der Waals surface area contributed by atoms with Gasteiger partial charge in [0.1, 0.15) is 17.1 Å². The molecular formula is C24H24N4O3. The van der Waals surface area contributed by atoms with Gasteiger partial charge < -0.3 is 13.8 Å². The van der Waals surface area contributed by atoms with E-state index in [1.165, 1.54) is 0 Å². The smallest absolute Gasteiger partial charge is 0.412 e. The fraction of sp³-hybridized carbons (Fsp3) is 0.208. The number of nitrogens with zero attached hydrogens (tertiary/aromatic N) is 3. The molecule has 2 heterocycles. The van der Waals surface area contributed by atoms with Crippen LogP contribution < -0.4 is 5.32 Å². The van der Waals surface area contributed by atoms with Crippen molar-refractivity contribution in [1.29, 1.82) is 0 Å². The minimum Gasteiger partial charge on any atom is -0.444 e. The van der Waals surface area contributed by atoms with Crippen LogP contribution in [0.4, 0.5) is 10.5 Å². The first-order chi connectivity index (χ1) is 14.8. The molecule has 0 spiro atoms. The van der Waals surface area contributed by atoms with Crippen LogP contribution in [0, 0.1) is 6.92 Å². The molecule has 0 aliphatic carbocycles. The highest BCUT2D eigenvalue weighted by Crippen LogP contribution is 2.33. The highest BCUT2D eigenvalue weighted by molar-refractivity contribution is 5.85. The molecule has 0 radical (unpaired) electrons. The Hall–Kier alpha value is -3.87. The summed E-state index contributed by atoms with van der Waals surface area (Å²) in [6.07, 6.45) is 3.19. The summed E-state index contributed by atoms with van der Waals surface area (Å²) in [5.74, 6) is 0.709. The lowest BCUT2D eigenvalue weighted by atomic mass is 10.0. The Balaban J connectivity index is 1.55. The van der Waals surface area contributed by atoms with E-state index in [1.807, 2.05) is 93.1 Å². The van der Waals surface area contributed by atoms with Crippen LogP contribution >= 0.6 is 0 Å². The van der Waals surface area contributed by atoms with Crippen LogP contribution in [0.5, 0.6) is 0 Å². The number of benzene rings is 2. The number of aromatic nitrogens is 3. The van der Waals surface area contributed by atoms with E-state index < -0.39 is 11.7 Å². The monoisotopic (exact) mass is 416 g/mol. The number of hydrogen-bond acceptors (Lipinski definition) is 5.